The van der Waals surface area contributed by atoms with Crippen LogP contribution in [0.1, 0.15) is 24.8 Å². The van der Waals surface area contributed by atoms with Crippen LogP contribution in [0.4, 0.5) is 5.82 Å². The van der Waals surface area contributed by atoms with E-state index in [1.165, 1.54) is 16.8 Å². The Kier molecular flexibility index (Phi) is 8.77. The minimum atomic E-state index is -4.02. The number of thioether (sulfide) groups is 2. The lowest BCUT2D eigenvalue weighted by Crippen LogP contribution is -2.40. The van der Waals surface area contributed by atoms with Crippen LogP contribution in [-0.2, 0) is 25.0 Å². The van der Waals surface area contributed by atoms with Gasteiger partial charge in [-0.1, -0.05) is 42.1 Å². The number of rotatable bonds is 12. The van der Waals surface area contributed by atoms with E-state index in [0.717, 1.165) is 29.1 Å². The number of hydrogen-bond acceptors (Lipinski definition) is 12. The van der Waals surface area contributed by atoms with Crippen molar-refractivity contribution < 1.29 is 33.7 Å². The molecule has 0 radical (unpaired) electrons. The predicted molar refractivity (Wildman–Crippen MR) is 144 cm³/mol. The number of nitrogens with one attached hydrogen (secondary N) is 1. The van der Waals surface area contributed by atoms with E-state index in [9.17, 15) is 29.5 Å². The second-order valence-electron chi connectivity index (χ2n) is 9.68. The van der Waals surface area contributed by atoms with E-state index < -0.39 is 47.3 Å². The molecule has 1 aromatic carbocycles. The van der Waals surface area contributed by atoms with E-state index in [0.29, 0.717) is 0 Å². The summed E-state index contributed by atoms with van der Waals surface area (Å²) in [5.74, 6) is 0.198. The van der Waals surface area contributed by atoms with Crippen molar-refractivity contribution >= 4 is 42.2 Å². The van der Waals surface area contributed by atoms with Gasteiger partial charge >= 0.3 is 13.4 Å². The summed E-state index contributed by atoms with van der Waals surface area (Å²) in [5, 5.41) is 32.4. The Bertz CT molecular complexity index is 1270. The van der Waals surface area contributed by atoms with Gasteiger partial charge in [-0.3, -0.25) is 18.4 Å². The number of benzene rings is 1. The van der Waals surface area contributed by atoms with Crippen molar-refractivity contribution in [3.8, 4) is 0 Å². The number of aliphatic hydroxyl groups excluding tert-OH is 2. The zero-order valence-corrected chi connectivity index (χ0v) is 23.3. The first-order valence-electron chi connectivity index (χ1n) is 11.8. The van der Waals surface area contributed by atoms with Gasteiger partial charge in [-0.2, -0.15) is 4.98 Å². The topological polar surface area (TPSA) is 186 Å². The SMILES string of the molecule is CC(C)(CO)C(=O)SCCOP(=O)(NCc1ccccc1)OC1[C@H]2S[C@@H](n3ccc(N)nc3=O)[C@@H](O)[C@@]12O. The molecule has 1 saturated heterocycles. The summed E-state index contributed by atoms with van der Waals surface area (Å²) in [4.78, 5) is 28.1. The fraction of sp³-hybridized carbons (Fsp3) is 0.522. The Balaban J connectivity index is 1.42. The molecule has 6 atom stereocenters. The first kappa shape index (κ1) is 29.2. The van der Waals surface area contributed by atoms with Crippen molar-refractivity contribution in [2.45, 2.75) is 48.8 Å². The molecule has 1 aliphatic heterocycles. The first-order valence-corrected chi connectivity index (χ1v) is 15.3. The van der Waals surface area contributed by atoms with Gasteiger partial charge in [0, 0.05) is 18.5 Å². The lowest BCUT2D eigenvalue weighted by Gasteiger charge is -2.26. The van der Waals surface area contributed by atoms with Gasteiger partial charge in [-0.05, 0) is 25.5 Å². The van der Waals surface area contributed by atoms with Crippen molar-refractivity contribution in [1.82, 2.24) is 14.6 Å². The third-order valence-electron chi connectivity index (χ3n) is 6.33. The Morgan fingerprint density at radius 3 is 2.66 bits per heavy atom. The molecule has 2 fully saturated rings. The van der Waals surface area contributed by atoms with Crippen LogP contribution in [-0.4, -0.2) is 72.0 Å². The molecule has 38 heavy (non-hydrogen) atoms. The molecule has 4 rings (SSSR count). The minimum Gasteiger partial charge on any atom is -0.395 e. The molecule has 2 aromatic rings. The molecule has 6 N–H and O–H groups in total. The molecular formula is C23H31N4O8PS2. The van der Waals surface area contributed by atoms with Crippen LogP contribution in [0.3, 0.4) is 0 Å². The summed E-state index contributed by atoms with van der Waals surface area (Å²) in [6.45, 7) is 2.97. The molecule has 0 spiro atoms. The summed E-state index contributed by atoms with van der Waals surface area (Å²) in [6.07, 6.45) is -1.06. The van der Waals surface area contributed by atoms with Crippen molar-refractivity contribution in [2.75, 3.05) is 24.7 Å². The smallest absolute Gasteiger partial charge is 0.395 e. The number of nitrogens with two attached hydrogens (primary N) is 1. The number of anilines is 1. The summed E-state index contributed by atoms with van der Waals surface area (Å²) >= 11 is 2.05. The van der Waals surface area contributed by atoms with E-state index in [1.807, 2.05) is 30.3 Å². The third kappa shape index (κ3) is 6.03. The standard InChI is InChI=1S/C23H31N4O8PS2/c1-22(2,13-28)20(30)37-11-10-34-36(33,25-12-14-6-4-3-5-7-14)35-17-18-23(17,32)16(29)19(38-18)27-9-8-15(24)26-21(27)31/h3-9,16-19,28-29,32H,10-13H2,1-2H3,(H,25,33)(H2,24,26,31)/t16-,17?,18-,19-,23-,36?/m1/s1. The average molecular weight is 587 g/mol. The predicted octanol–water partition coefficient (Wildman–Crippen LogP) is 1.12. The Labute approximate surface area is 227 Å². The lowest BCUT2D eigenvalue weighted by atomic mass is 9.97. The maximum Gasteiger partial charge on any atom is 0.406 e. The number of nitrogen functional groups attached to an aromatic ring is 1. The summed E-state index contributed by atoms with van der Waals surface area (Å²) < 4.78 is 26.2. The van der Waals surface area contributed by atoms with Crippen molar-refractivity contribution in [1.29, 1.82) is 0 Å². The van der Waals surface area contributed by atoms with E-state index in [4.69, 9.17) is 14.8 Å². The number of carbonyl (C=O) groups is 1. The second kappa shape index (κ2) is 11.4. The molecule has 0 bridgehead atoms. The fourth-order valence-corrected chi connectivity index (χ4v) is 8.20. The van der Waals surface area contributed by atoms with Crippen molar-refractivity contribution in [2.24, 2.45) is 5.41 Å². The quantitative estimate of drug-likeness (QED) is 0.176. The highest BCUT2D eigenvalue weighted by Crippen LogP contribution is 2.66. The maximum atomic E-state index is 13.7. The Morgan fingerprint density at radius 1 is 1.34 bits per heavy atom. The number of aliphatic hydroxyl groups is 3. The Hall–Kier alpha value is -1.74. The second-order valence-corrected chi connectivity index (χ2v) is 13.8. The number of hydrogen-bond donors (Lipinski definition) is 5. The minimum absolute atomic E-state index is 0.0381. The van der Waals surface area contributed by atoms with Gasteiger partial charge in [0.15, 0.2) is 5.12 Å². The van der Waals surface area contributed by atoms with Crippen LogP contribution < -0.4 is 16.5 Å². The van der Waals surface area contributed by atoms with Crippen molar-refractivity contribution in [3.05, 3.63) is 58.6 Å². The monoisotopic (exact) mass is 586 g/mol. The third-order valence-corrected chi connectivity index (χ3v) is 10.8. The van der Waals surface area contributed by atoms with E-state index in [-0.39, 0.29) is 36.4 Å². The summed E-state index contributed by atoms with van der Waals surface area (Å²) in [6, 6.07) is 10.6. The zero-order valence-electron chi connectivity index (χ0n) is 20.8. The van der Waals surface area contributed by atoms with Gasteiger partial charge < -0.3 is 21.1 Å². The maximum absolute atomic E-state index is 13.7. The number of aromatic nitrogens is 2. The molecule has 1 aliphatic carbocycles. The van der Waals surface area contributed by atoms with E-state index in [1.54, 1.807) is 13.8 Å². The van der Waals surface area contributed by atoms with E-state index >= 15 is 0 Å². The van der Waals surface area contributed by atoms with Gasteiger partial charge in [-0.15, -0.1) is 11.8 Å². The van der Waals surface area contributed by atoms with Crippen LogP contribution in [0.25, 0.3) is 0 Å². The molecule has 15 heteroatoms. The summed E-state index contributed by atoms with van der Waals surface area (Å²) in [7, 11) is -4.02. The highest BCUT2D eigenvalue weighted by Gasteiger charge is 2.78. The van der Waals surface area contributed by atoms with Crippen LogP contribution in [0.5, 0.6) is 0 Å². The van der Waals surface area contributed by atoms with Gasteiger partial charge in [0.05, 0.1) is 23.9 Å². The first-order chi connectivity index (χ1) is 17.9. The van der Waals surface area contributed by atoms with Crippen LogP contribution in [0.15, 0.2) is 47.4 Å². The van der Waals surface area contributed by atoms with Gasteiger partial charge in [0.2, 0.25) is 0 Å². The molecular weight excluding hydrogens is 555 g/mol. The number of carbonyl (C=O) groups excluding carboxylic acids is 1. The molecule has 12 nitrogen and oxygen atoms in total. The largest absolute Gasteiger partial charge is 0.406 e. The number of nitrogens with zero attached hydrogens (tertiary/aromatic N) is 2. The molecule has 1 saturated carbocycles. The average Bonchev–Trinajstić information content (AvgIpc) is 3.34. The van der Waals surface area contributed by atoms with Gasteiger partial charge in [-0.25, -0.2) is 14.4 Å². The van der Waals surface area contributed by atoms with Gasteiger partial charge in [0.25, 0.3) is 0 Å². The molecule has 1 aromatic heterocycles. The summed E-state index contributed by atoms with van der Waals surface area (Å²) in [5.41, 5.74) is 2.99. The van der Waals surface area contributed by atoms with Crippen LogP contribution in [0.2, 0.25) is 0 Å². The Morgan fingerprint density at radius 2 is 2.05 bits per heavy atom. The fourth-order valence-electron chi connectivity index (χ4n) is 3.88. The van der Waals surface area contributed by atoms with Gasteiger partial charge in [0.1, 0.15) is 29.0 Å². The molecule has 2 aliphatic rings. The molecule has 0 amide bonds. The molecule has 2 heterocycles. The number of fused-ring (bicyclic) bond motifs is 1. The van der Waals surface area contributed by atoms with Crippen LogP contribution >= 0.6 is 31.3 Å². The lowest BCUT2D eigenvalue weighted by molar-refractivity contribution is -0.119. The van der Waals surface area contributed by atoms with E-state index in [2.05, 4.69) is 10.1 Å². The normalized spacial score (nSPS) is 28.0. The van der Waals surface area contributed by atoms with Crippen molar-refractivity contribution in [3.63, 3.8) is 0 Å². The van der Waals surface area contributed by atoms with Crippen LogP contribution in [0, 0.1) is 5.41 Å². The zero-order chi connectivity index (χ0) is 27.7. The highest BCUT2D eigenvalue weighted by molar-refractivity contribution is 8.13. The molecule has 2 unspecified atom stereocenters. The molecule has 208 valence electrons. The highest BCUT2D eigenvalue weighted by atomic mass is 32.2.